The Balaban J connectivity index is 2.92. The smallest absolute Gasteiger partial charge is 0.326 e. The Labute approximate surface area is 133 Å². The molecule has 22 heavy (non-hydrogen) atoms. The van der Waals surface area contributed by atoms with E-state index < -0.39 is 17.9 Å². The first-order valence-electron chi connectivity index (χ1n) is 7.32. The van der Waals surface area contributed by atoms with Crippen LogP contribution < -0.4 is 10.6 Å². The van der Waals surface area contributed by atoms with Crippen LogP contribution in [0.2, 0.25) is 0 Å². The monoisotopic (exact) mass is 326 g/mol. The molecule has 0 fully saturated rings. The Morgan fingerprint density at radius 3 is 2.50 bits per heavy atom. The van der Waals surface area contributed by atoms with Gasteiger partial charge in [-0.2, -0.15) is 0 Å². The summed E-state index contributed by atoms with van der Waals surface area (Å²) in [5.74, 6) is -1.78. The number of carbonyl (C=O) groups excluding carboxylic acids is 2. The summed E-state index contributed by atoms with van der Waals surface area (Å²) in [6, 6.07) is 0.784. The molecule has 6 nitrogen and oxygen atoms in total. The molecule has 3 N–H and O–H groups in total. The minimum Gasteiger partial charge on any atom is -0.480 e. The number of carboxylic acid groups (broad SMARTS) is 1. The number of hydrogen-bond acceptors (Lipinski definition) is 4. The second kappa shape index (κ2) is 8.53. The Bertz CT molecular complexity index is 554. The zero-order chi connectivity index (χ0) is 16.7. The van der Waals surface area contributed by atoms with Crippen LogP contribution in [0.15, 0.2) is 6.07 Å². The number of thiophene rings is 1. The van der Waals surface area contributed by atoms with Crippen molar-refractivity contribution >= 4 is 34.1 Å². The number of anilines is 1. The third kappa shape index (κ3) is 5.14. The molecular formula is C15H22N2O4S. The topological polar surface area (TPSA) is 95.5 Å². The molecule has 0 aliphatic heterocycles. The first-order chi connectivity index (χ1) is 10.4. The number of amides is 2. The highest BCUT2D eigenvalue weighted by atomic mass is 32.1. The van der Waals surface area contributed by atoms with E-state index in [0.29, 0.717) is 17.0 Å². The van der Waals surface area contributed by atoms with Gasteiger partial charge in [0.05, 0.1) is 5.56 Å². The largest absolute Gasteiger partial charge is 0.480 e. The molecule has 0 saturated carbocycles. The second-order valence-electron chi connectivity index (χ2n) is 5.00. The van der Waals surface area contributed by atoms with E-state index in [1.165, 1.54) is 18.3 Å². The average Bonchev–Trinajstić information content (AvgIpc) is 2.85. The Hall–Kier alpha value is -1.89. The van der Waals surface area contributed by atoms with Gasteiger partial charge in [-0.1, -0.05) is 26.7 Å². The molecule has 1 aromatic rings. The number of nitrogens with one attached hydrogen (secondary N) is 2. The Kier molecular flexibility index (Phi) is 7.04. The SMILES string of the molecule is CCCCC(NC(=O)c1cc(CC)sc1NC(C)=O)C(=O)O. The third-order valence-electron chi connectivity index (χ3n) is 3.12. The maximum Gasteiger partial charge on any atom is 0.326 e. The fraction of sp³-hybridized carbons (Fsp3) is 0.533. The van der Waals surface area contributed by atoms with Crippen LogP contribution in [-0.4, -0.2) is 28.9 Å². The van der Waals surface area contributed by atoms with Gasteiger partial charge < -0.3 is 15.7 Å². The van der Waals surface area contributed by atoms with Crippen molar-refractivity contribution in [3.63, 3.8) is 0 Å². The van der Waals surface area contributed by atoms with E-state index in [9.17, 15) is 19.5 Å². The summed E-state index contributed by atoms with van der Waals surface area (Å²) >= 11 is 1.33. The van der Waals surface area contributed by atoms with Crippen molar-refractivity contribution in [3.8, 4) is 0 Å². The molecule has 0 aliphatic rings. The average molecular weight is 326 g/mol. The Morgan fingerprint density at radius 1 is 1.32 bits per heavy atom. The lowest BCUT2D eigenvalue weighted by molar-refractivity contribution is -0.139. The van der Waals surface area contributed by atoms with Gasteiger partial charge in [0.15, 0.2) is 0 Å². The van der Waals surface area contributed by atoms with E-state index in [0.717, 1.165) is 24.1 Å². The highest BCUT2D eigenvalue weighted by Crippen LogP contribution is 2.28. The normalized spacial score (nSPS) is 11.8. The molecule has 122 valence electrons. The highest BCUT2D eigenvalue weighted by Gasteiger charge is 2.23. The van der Waals surface area contributed by atoms with Crippen molar-refractivity contribution in [1.82, 2.24) is 5.32 Å². The maximum atomic E-state index is 12.3. The van der Waals surface area contributed by atoms with E-state index in [2.05, 4.69) is 10.6 Å². The summed E-state index contributed by atoms with van der Waals surface area (Å²) in [7, 11) is 0. The zero-order valence-electron chi connectivity index (χ0n) is 13.1. The molecule has 1 unspecified atom stereocenters. The summed E-state index contributed by atoms with van der Waals surface area (Å²) in [5, 5.41) is 14.8. The van der Waals surface area contributed by atoms with Crippen LogP contribution >= 0.6 is 11.3 Å². The summed E-state index contributed by atoms with van der Waals surface area (Å²) in [5.41, 5.74) is 0.319. The number of aliphatic carboxylic acids is 1. The van der Waals surface area contributed by atoms with Gasteiger partial charge in [0.25, 0.3) is 5.91 Å². The molecule has 1 rings (SSSR count). The molecule has 0 spiro atoms. The maximum absolute atomic E-state index is 12.3. The van der Waals surface area contributed by atoms with E-state index in [4.69, 9.17) is 0 Å². The van der Waals surface area contributed by atoms with Crippen LogP contribution in [0.4, 0.5) is 5.00 Å². The molecule has 0 saturated heterocycles. The molecule has 1 heterocycles. The summed E-state index contributed by atoms with van der Waals surface area (Å²) in [6.07, 6.45) is 2.70. The fourth-order valence-electron chi connectivity index (χ4n) is 1.94. The lowest BCUT2D eigenvalue weighted by Crippen LogP contribution is -2.40. The number of rotatable bonds is 8. The lowest BCUT2D eigenvalue weighted by Gasteiger charge is -2.14. The van der Waals surface area contributed by atoms with Gasteiger partial charge in [0.1, 0.15) is 11.0 Å². The summed E-state index contributed by atoms with van der Waals surface area (Å²) < 4.78 is 0. The molecule has 0 bridgehead atoms. The zero-order valence-corrected chi connectivity index (χ0v) is 13.9. The summed E-state index contributed by atoms with van der Waals surface area (Å²) in [4.78, 5) is 35.7. The van der Waals surface area contributed by atoms with E-state index >= 15 is 0 Å². The molecule has 2 amide bonds. The molecule has 0 aliphatic carbocycles. The van der Waals surface area contributed by atoms with Gasteiger partial charge in [-0.3, -0.25) is 9.59 Å². The van der Waals surface area contributed by atoms with Crippen molar-refractivity contribution in [2.24, 2.45) is 0 Å². The van der Waals surface area contributed by atoms with Crippen molar-refractivity contribution in [2.75, 3.05) is 5.32 Å². The molecule has 1 atom stereocenters. The van der Waals surface area contributed by atoms with Crippen molar-refractivity contribution in [2.45, 2.75) is 52.5 Å². The quantitative estimate of drug-likeness (QED) is 0.684. The minimum absolute atomic E-state index is 0.265. The number of unbranched alkanes of at least 4 members (excludes halogenated alkanes) is 1. The van der Waals surface area contributed by atoms with Crippen LogP contribution in [0, 0.1) is 0 Å². The van der Waals surface area contributed by atoms with Crippen LogP contribution in [0.3, 0.4) is 0 Å². The number of hydrogen-bond donors (Lipinski definition) is 3. The Morgan fingerprint density at radius 2 is 2.00 bits per heavy atom. The number of carbonyl (C=O) groups is 3. The first-order valence-corrected chi connectivity index (χ1v) is 8.14. The van der Waals surface area contributed by atoms with Gasteiger partial charge >= 0.3 is 5.97 Å². The molecule has 0 aromatic carbocycles. The summed E-state index contributed by atoms with van der Waals surface area (Å²) in [6.45, 7) is 5.28. The van der Waals surface area contributed by atoms with Crippen LogP contribution in [0.25, 0.3) is 0 Å². The van der Waals surface area contributed by atoms with Gasteiger partial charge in [-0.25, -0.2) is 4.79 Å². The number of aryl methyl sites for hydroxylation is 1. The van der Waals surface area contributed by atoms with Gasteiger partial charge in [0.2, 0.25) is 5.91 Å². The van der Waals surface area contributed by atoms with Gasteiger partial charge in [-0.05, 0) is 18.9 Å². The molecule has 1 aromatic heterocycles. The van der Waals surface area contributed by atoms with Crippen LogP contribution in [0.1, 0.15) is 55.3 Å². The van der Waals surface area contributed by atoms with E-state index in [1.807, 2.05) is 13.8 Å². The van der Waals surface area contributed by atoms with Gasteiger partial charge in [-0.15, -0.1) is 11.3 Å². The third-order valence-corrected chi connectivity index (χ3v) is 4.31. The lowest BCUT2D eigenvalue weighted by atomic mass is 10.1. The highest BCUT2D eigenvalue weighted by molar-refractivity contribution is 7.16. The molecule has 0 radical (unpaired) electrons. The minimum atomic E-state index is -1.05. The standard InChI is InChI=1S/C15H22N2O4S/c1-4-6-7-12(15(20)21)17-13(19)11-8-10(5-2)22-14(11)16-9(3)18/h8,12H,4-7H2,1-3H3,(H,16,18)(H,17,19)(H,20,21). The van der Waals surface area contributed by atoms with Crippen molar-refractivity contribution in [3.05, 3.63) is 16.5 Å². The van der Waals surface area contributed by atoms with Gasteiger partial charge in [0, 0.05) is 11.8 Å². The number of carboxylic acids is 1. The van der Waals surface area contributed by atoms with Crippen LogP contribution in [0.5, 0.6) is 0 Å². The predicted molar refractivity (Wildman–Crippen MR) is 86.4 cm³/mol. The predicted octanol–water partition coefficient (Wildman–Crippen LogP) is 2.64. The van der Waals surface area contributed by atoms with E-state index in [1.54, 1.807) is 6.07 Å². The molecular weight excluding hydrogens is 304 g/mol. The molecule has 7 heteroatoms. The van der Waals surface area contributed by atoms with E-state index in [-0.39, 0.29) is 5.91 Å². The fourth-order valence-corrected chi connectivity index (χ4v) is 2.98. The van der Waals surface area contributed by atoms with Crippen molar-refractivity contribution in [1.29, 1.82) is 0 Å². The second-order valence-corrected chi connectivity index (χ2v) is 6.13. The van der Waals surface area contributed by atoms with Crippen LogP contribution in [-0.2, 0) is 16.0 Å². The van der Waals surface area contributed by atoms with Crippen molar-refractivity contribution < 1.29 is 19.5 Å². The first kappa shape index (κ1) is 18.2.